The van der Waals surface area contributed by atoms with Crippen LogP contribution in [0.2, 0.25) is 0 Å². The van der Waals surface area contributed by atoms with Gasteiger partial charge in [-0.25, -0.2) is 0 Å². The molecule has 25 heavy (non-hydrogen) atoms. The standard InChI is InChI=1S/C17H15N3O4S/c1-10-4-15(21)20-17(12(10)6-18)25-8-16(22)19-7-11-2-3-13-14(5-11)24-9-23-13/h2-5H,7-9H2,1H3,(H,19,22)(H,20,21). The SMILES string of the molecule is Cc1cc(=O)[nH]c(SCC(=O)NCc2ccc3c(c2)OCO3)c1C#N. The van der Waals surface area contributed by atoms with E-state index in [0.29, 0.717) is 34.2 Å². The number of hydrogen-bond acceptors (Lipinski definition) is 6. The number of thioether (sulfide) groups is 1. The summed E-state index contributed by atoms with van der Waals surface area (Å²) in [5.41, 5.74) is 1.58. The monoisotopic (exact) mass is 357 g/mol. The van der Waals surface area contributed by atoms with Gasteiger partial charge in [-0.05, 0) is 30.2 Å². The molecular formula is C17H15N3O4S. The summed E-state index contributed by atoms with van der Waals surface area (Å²) < 4.78 is 10.5. The molecule has 8 heteroatoms. The lowest BCUT2D eigenvalue weighted by Crippen LogP contribution is -2.24. The van der Waals surface area contributed by atoms with Gasteiger partial charge in [-0.3, -0.25) is 9.59 Å². The number of ether oxygens (including phenoxy) is 2. The molecule has 128 valence electrons. The third-order valence-corrected chi connectivity index (χ3v) is 4.59. The number of fused-ring (bicyclic) bond motifs is 1. The lowest BCUT2D eigenvalue weighted by atomic mass is 10.2. The first-order valence-corrected chi connectivity index (χ1v) is 8.47. The highest BCUT2D eigenvalue weighted by Crippen LogP contribution is 2.32. The zero-order valence-corrected chi connectivity index (χ0v) is 14.2. The summed E-state index contributed by atoms with van der Waals surface area (Å²) in [6, 6.07) is 8.89. The van der Waals surface area contributed by atoms with Crippen LogP contribution in [0.3, 0.4) is 0 Å². The Morgan fingerprint density at radius 1 is 1.36 bits per heavy atom. The van der Waals surface area contributed by atoms with Crippen molar-refractivity contribution in [3.05, 3.63) is 51.3 Å². The number of nitrogens with zero attached hydrogens (tertiary/aromatic N) is 1. The molecule has 2 heterocycles. The minimum Gasteiger partial charge on any atom is -0.454 e. The molecule has 3 rings (SSSR count). The molecule has 2 N–H and O–H groups in total. The number of rotatable bonds is 5. The van der Waals surface area contributed by atoms with Gasteiger partial charge in [0, 0.05) is 12.6 Å². The van der Waals surface area contributed by atoms with E-state index in [1.807, 2.05) is 18.2 Å². The Labute approximate surface area is 148 Å². The molecule has 1 aliphatic heterocycles. The molecule has 0 fully saturated rings. The number of carbonyl (C=O) groups is 1. The van der Waals surface area contributed by atoms with E-state index in [1.54, 1.807) is 13.0 Å². The van der Waals surface area contributed by atoms with Crippen LogP contribution in [-0.4, -0.2) is 23.4 Å². The van der Waals surface area contributed by atoms with E-state index in [0.717, 1.165) is 17.3 Å². The van der Waals surface area contributed by atoms with Gasteiger partial charge < -0.3 is 19.8 Å². The quantitative estimate of drug-likeness (QED) is 0.789. The maximum absolute atomic E-state index is 12.0. The van der Waals surface area contributed by atoms with Crippen molar-refractivity contribution in [3.8, 4) is 17.6 Å². The summed E-state index contributed by atoms with van der Waals surface area (Å²) in [6.07, 6.45) is 0. The molecule has 0 radical (unpaired) electrons. The van der Waals surface area contributed by atoms with Gasteiger partial charge in [0.1, 0.15) is 6.07 Å². The summed E-state index contributed by atoms with van der Waals surface area (Å²) in [7, 11) is 0. The molecule has 1 aromatic heterocycles. The first kappa shape index (κ1) is 16.9. The molecule has 0 bridgehead atoms. The number of pyridine rings is 1. The van der Waals surface area contributed by atoms with Crippen molar-refractivity contribution in [1.82, 2.24) is 10.3 Å². The Hall–Kier alpha value is -2.92. The Bertz CT molecular complexity index is 917. The van der Waals surface area contributed by atoms with Gasteiger partial charge in [-0.1, -0.05) is 17.8 Å². The predicted octanol–water partition coefficient (Wildman–Crippen LogP) is 1.69. The Kier molecular flexibility index (Phi) is 4.95. The van der Waals surface area contributed by atoms with Crippen molar-refractivity contribution in [2.45, 2.75) is 18.5 Å². The number of aromatic nitrogens is 1. The van der Waals surface area contributed by atoms with E-state index in [-0.39, 0.29) is 24.0 Å². The van der Waals surface area contributed by atoms with Crippen molar-refractivity contribution in [2.75, 3.05) is 12.5 Å². The Morgan fingerprint density at radius 2 is 2.16 bits per heavy atom. The summed E-state index contributed by atoms with van der Waals surface area (Å²) in [5.74, 6) is 1.25. The molecular weight excluding hydrogens is 342 g/mol. The molecule has 2 aromatic rings. The average molecular weight is 357 g/mol. The highest BCUT2D eigenvalue weighted by Gasteiger charge is 2.14. The largest absolute Gasteiger partial charge is 0.454 e. The fraction of sp³-hybridized carbons (Fsp3) is 0.235. The van der Waals surface area contributed by atoms with Crippen molar-refractivity contribution in [3.63, 3.8) is 0 Å². The van der Waals surface area contributed by atoms with E-state index in [9.17, 15) is 14.9 Å². The third kappa shape index (κ3) is 3.95. The van der Waals surface area contributed by atoms with E-state index in [1.165, 1.54) is 6.07 Å². The fourth-order valence-electron chi connectivity index (χ4n) is 2.35. The van der Waals surface area contributed by atoms with Gasteiger partial charge in [0.15, 0.2) is 11.5 Å². The number of aryl methyl sites for hydroxylation is 1. The van der Waals surface area contributed by atoms with Crippen molar-refractivity contribution in [1.29, 1.82) is 5.26 Å². The minimum absolute atomic E-state index is 0.0959. The van der Waals surface area contributed by atoms with Gasteiger partial charge in [0.25, 0.3) is 0 Å². The van der Waals surface area contributed by atoms with Crippen LogP contribution in [0.1, 0.15) is 16.7 Å². The van der Waals surface area contributed by atoms with Crippen molar-refractivity contribution < 1.29 is 14.3 Å². The van der Waals surface area contributed by atoms with Crippen LogP contribution in [0.15, 0.2) is 34.1 Å². The first-order valence-electron chi connectivity index (χ1n) is 7.49. The van der Waals surface area contributed by atoms with Gasteiger partial charge in [0.05, 0.1) is 16.3 Å². The van der Waals surface area contributed by atoms with Crippen LogP contribution in [0.4, 0.5) is 0 Å². The van der Waals surface area contributed by atoms with E-state index < -0.39 is 0 Å². The van der Waals surface area contributed by atoms with Gasteiger partial charge in [0.2, 0.25) is 18.3 Å². The summed E-state index contributed by atoms with van der Waals surface area (Å²) in [6.45, 7) is 2.25. The minimum atomic E-state index is -0.292. The van der Waals surface area contributed by atoms with E-state index in [2.05, 4.69) is 10.3 Å². The summed E-state index contributed by atoms with van der Waals surface area (Å²) in [5, 5.41) is 12.4. The first-order chi connectivity index (χ1) is 12.1. The lowest BCUT2D eigenvalue weighted by Gasteiger charge is -2.08. The normalized spacial score (nSPS) is 11.8. The summed E-state index contributed by atoms with van der Waals surface area (Å²) in [4.78, 5) is 26.2. The highest BCUT2D eigenvalue weighted by molar-refractivity contribution is 8.00. The number of benzene rings is 1. The number of H-pyrrole nitrogens is 1. The molecule has 1 aromatic carbocycles. The smallest absolute Gasteiger partial charge is 0.249 e. The average Bonchev–Trinajstić information content (AvgIpc) is 3.05. The van der Waals surface area contributed by atoms with Crippen LogP contribution in [0, 0.1) is 18.3 Å². The van der Waals surface area contributed by atoms with Gasteiger partial charge >= 0.3 is 0 Å². The van der Waals surface area contributed by atoms with E-state index >= 15 is 0 Å². The molecule has 0 aliphatic carbocycles. The van der Waals surface area contributed by atoms with Crippen LogP contribution >= 0.6 is 11.8 Å². The van der Waals surface area contributed by atoms with Crippen LogP contribution in [0.5, 0.6) is 11.5 Å². The molecule has 1 aliphatic rings. The molecule has 0 saturated heterocycles. The maximum Gasteiger partial charge on any atom is 0.249 e. The van der Waals surface area contributed by atoms with Crippen LogP contribution in [0.25, 0.3) is 0 Å². The predicted molar refractivity (Wildman–Crippen MR) is 91.7 cm³/mol. The number of amides is 1. The lowest BCUT2D eigenvalue weighted by molar-refractivity contribution is -0.118. The number of carbonyl (C=O) groups excluding carboxylic acids is 1. The number of aromatic amines is 1. The number of nitrogens with one attached hydrogen (secondary N) is 2. The molecule has 1 amide bonds. The summed E-state index contributed by atoms with van der Waals surface area (Å²) >= 11 is 1.13. The second-order valence-electron chi connectivity index (χ2n) is 5.39. The number of hydrogen-bond donors (Lipinski definition) is 2. The number of nitriles is 1. The fourth-order valence-corrected chi connectivity index (χ4v) is 3.25. The topological polar surface area (TPSA) is 104 Å². The second kappa shape index (κ2) is 7.32. The zero-order valence-electron chi connectivity index (χ0n) is 13.4. The maximum atomic E-state index is 12.0. The van der Waals surface area contributed by atoms with Crippen LogP contribution in [-0.2, 0) is 11.3 Å². The Morgan fingerprint density at radius 3 is 2.96 bits per heavy atom. The van der Waals surface area contributed by atoms with Crippen molar-refractivity contribution in [2.24, 2.45) is 0 Å². The zero-order chi connectivity index (χ0) is 17.8. The molecule has 0 saturated carbocycles. The molecule has 0 atom stereocenters. The van der Waals surface area contributed by atoms with Crippen LogP contribution < -0.4 is 20.3 Å². The van der Waals surface area contributed by atoms with Gasteiger partial charge in [-0.2, -0.15) is 5.26 Å². The second-order valence-corrected chi connectivity index (χ2v) is 6.37. The van der Waals surface area contributed by atoms with Gasteiger partial charge in [-0.15, -0.1) is 0 Å². The highest BCUT2D eigenvalue weighted by atomic mass is 32.2. The molecule has 0 spiro atoms. The Balaban J connectivity index is 1.57. The molecule has 7 nitrogen and oxygen atoms in total. The van der Waals surface area contributed by atoms with E-state index in [4.69, 9.17) is 9.47 Å². The molecule has 0 unspecified atom stereocenters. The third-order valence-electron chi connectivity index (χ3n) is 3.59. The van der Waals surface area contributed by atoms with Crippen molar-refractivity contribution >= 4 is 17.7 Å².